The van der Waals surface area contributed by atoms with Crippen LogP contribution in [0.1, 0.15) is 51.7 Å². The molecule has 8 nitrogen and oxygen atoms in total. The number of carbonyl (C=O) groups is 3. The number of hydrogen-bond acceptors (Lipinski definition) is 5. The summed E-state index contributed by atoms with van der Waals surface area (Å²) in [6.07, 6.45) is 0.916. The Labute approximate surface area is 161 Å². The van der Waals surface area contributed by atoms with Crippen LogP contribution in [0.5, 0.6) is 0 Å². The van der Waals surface area contributed by atoms with Gasteiger partial charge in [0, 0.05) is 12.1 Å². The number of nitro benzene ring substituents is 1. The highest BCUT2D eigenvalue weighted by Gasteiger charge is 2.37. The van der Waals surface area contributed by atoms with Crippen molar-refractivity contribution in [1.29, 1.82) is 0 Å². The Morgan fingerprint density at radius 1 is 1.11 bits per heavy atom. The summed E-state index contributed by atoms with van der Waals surface area (Å²) < 4.78 is 0. The van der Waals surface area contributed by atoms with Crippen LogP contribution in [0.25, 0.3) is 0 Å². The topological polar surface area (TPSA) is 110 Å². The van der Waals surface area contributed by atoms with Gasteiger partial charge in [-0.2, -0.15) is 0 Å². The maximum atomic E-state index is 12.4. The molecule has 1 N–H and O–H groups in total. The number of amides is 3. The highest BCUT2D eigenvalue weighted by Crippen LogP contribution is 2.26. The number of hydrogen-bond donors (Lipinski definition) is 1. The summed E-state index contributed by atoms with van der Waals surface area (Å²) in [4.78, 5) is 48.2. The molecule has 144 valence electrons. The number of fused-ring (bicyclic) bond motifs is 1. The third kappa shape index (κ3) is 3.62. The quantitative estimate of drug-likeness (QED) is 0.470. The van der Waals surface area contributed by atoms with Crippen molar-refractivity contribution in [1.82, 2.24) is 10.2 Å². The summed E-state index contributed by atoms with van der Waals surface area (Å²) in [7, 11) is 0. The smallest absolute Gasteiger partial charge is 0.270 e. The van der Waals surface area contributed by atoms with Crippen molar-refractivity contribution in [2.24, 2.45) is 0 Å². The first kappa shape index (κ1) is 19.2. The predicted octanol–water partition coefficient (Wildman–Crippen LogP) is 2.63. The number of non-ortho nitro benzene ring substituents is 1. The van der Waals surface area contributed by atoms with Crippen LogP contribution in [0.4, 0.5) is 5.69 Å². The fraction of sp³-hybridized carbons (Fsp3) is 0.250. The number of benzene rings is 2. The Bertz CT molecular complexity index is 968. The SMILES string of the molecule is CCc1ccc(C(C)NC(=O)CN2C(=O)c3ccc([N+](=O)[O-])cc3C2=O)cc1. The van der Waals surface area contributed by atoms with Crippen molar-refractivity contribution in [2.75, 3.05) is 6.54 Å². The highest BCUT2D eigenvalue weighted by molar-refractivity contribution is 6.22. The van der Waals surface area contributed by atoms with Gasteiger partial charge in [0.05, 0.1) is 22.1 Å². The summed E-state index contributed by atoms with van der Waals surface area (Å²) in [5.41, 5.74) is 1.81. The second-order valence-corrected chi connectivity index (χ2v) is 6.57. The van der Waals surface area contributed by atoms with Crippen LogP contribution in [0, 0.1) is 10.1 Å². The number of nitrogens with one attached hydrogen (secondary N) is 1. The number of nitrogens with zero attached hydrogens (tertiary/aromatic N) is 2. The Balaban J connectivity index is 1.69. The van der Waals surface area contributed by atoms with Crippen molar-refractivity contribution >= 4 is 23.4 Å². The number of aryl methyl sites for hydroxylation is 1. The van der Waals surface area contributed by atoms with Gasteiger partial charge >= 0.3 is 0 Å². The average Bonchev–Trinajstić information content (AvgIpc) is 2.92. The number of carbonyl (C=O) groups excluding carboxylic acids is 3. The number of nitro groups is 1. The Kier molecular flexibility index (Phi) is 5.21. The molecule has 28 heavy (non-hydrogen) atoms. The van der Waals surface area contributed by atoms with Gasteiger partial charge in [0.1, 0.15) is 6.54 Å². The van der Waals surface area contributed by atoms with Crippen LogP contribution < -0.4 is 5.32 Å². The minimum Gasteiger partial charge on any atom is -0.348 e. The lowest BCUT2D eigenvalue weighted by molar-refractivity contribution is -0.384. The summed E-state index contributed by atoms with van der Waals surface area (Å²) in [5.74, 6) is -1.83. The van der Waals surface area contributed by atoms with E-state index < -0.39 is 29.2 Å². The van der Waals surface area contributed by atoms with Crippen LogP contribution in [-0.2, 0) is 11.2 Å². The zero-order valence-electron chi connectivity index (χ0n) is 15.5. The van der Waals surface area contributed by atoms with E-state index >= 15 is 0 Å². The van der Waals surface area contributed by atoms with Crippen molar-refractivity contribution in [3.63, 3.8) is 0 Å². The lowest BCUT2D eigenvalue weighted by Gasteiger charge is -2.18. The van der Waals surface area contributed by atoms with Crippen LogP contribution in [0.2, 0.25) is 0 Å². The molecule has 0 aromatic heterocycles. The summed E-state index contributed by atoms with van der Waals surface area (Å²) >= 11 is 0. The first-order chi connectivity index (χ1) is 13.3. The fourth-order valence-corrected chi connectivity index (χ4v) is 3.09. The molecular weight excluding hydrogens is 362 g/mol. The molecule has 1 heterocycles. The fourth-order valence-electron chi connectivity index (χ4n) is 3.09. The second kappa shape index (κ2) is 7.59. The number of imide groups is 1. The monoisotopic (exact) mass is 381 g/mol. The molecule has 1 atom stereocenters. The third-order valence-electron chi connectivity index (χ3n) is 4.73. The van der Waals surface area contributed by atoms with Gasteiger partial charge in [0.2, 0.25) is 5.91 Å². The lowest BCUT2D eigenvalue weighted by Crippen LogP contribution is -2.41. The van der Waals surface area contributed by atoms with Crippen LogP contribution in [0.3, 0.4) is 0 Å². The molecule has 8 heteroatoms. The van der Waals surface area contributed by atoms with Gasteiger partial charge in [-0.1, -0.05) is 31.2 Å². The molecule has 1 aliphatic heterocycles. The van der Waals surface area contributed by atoms with Gasteiger partial charge in [-0.05, 0) is 30.5 Å². The lowest BCUT2D eigenvalue weighted by atomic mass is 10.1. The summed E-state index contributed by atoms with van der Waals surface area (Å²) in [5, 5.41) is 13.6. The predicted molar refractivity (Wildman–Crippen MR) is 101 cm³/mol. The summed E-state index contributed by atoms with van der Waals surface area (Å²) in [6, 6.07) is 11.0. The van der Waals surface area contributed by atoms with Crippen molar-refractivity contribution in [2.45, 2.75) is 26.3 Å². The van der Waals surface area contributed by atoms with Crippen molar-refractivity contribution < 1.29 is 19.3 Å². The molecule has 0 spiro atoms. The van der Waals surface area contributed by atoms with Crippen LogP contribution >= 0.6 is 0 Å². The Morgan fingerprint density at radius 2 is 1.75 bits per heavy atom. The van der Waals surface area contributed by atoms with Gasteiger partial charge in [-0.25, -0.2) is 0 Å². The molecule has 2 aromatic carbocycles. The Hall–Kier alpha value is -3.55. The van der Waals surface area contributed by atoms with Crippen LogP contribution in [-0.4, -0.2) is 34.1 Å². The second-order valence-electron chi connectivity index (χ2n) is 6.57. The number of rotatable bonds is 6. The molecule has 0 fully saturated rings. The molecule has 3 amide bonds. The maximum absolute atomic E-state index is 12.4. The standard InChI is InChI=1S/C20H19N3O5/c1-3-13-4-6-14(7-5-13)12(2)21-18(24)11-22-19(25)16-9-8-15(23(27)28)10-17(16)20(22)26/h4-10,12H,3,11H2,1-2H3,(H,21,24). The molecule has 0 radical (unpaired) electrons. The molecule has 0 bridgehead atoms. The molecule has 2 aromatic rings. The van der Waals surface area contributed by atoms with E-state index in [0.29, 0.717) is 0 Å². The molecular formula is C20H19N3O5. The van der Waals surface area contributed by atoms with E-state index in [1.807, 2.05) is 31.2 Å². The van der Waals surface area contributed by atoms with E-state index in [1.165, 1.54) is 11.6 Å². The van der Waals surface area contributed by atoms with Crippen molar-refractivity contribution in [3.8, 4) is 0 Å². The van der Waals surface area contributed by atoms with Crippen molar-refractivity contribution in [3.05, 3.63) is 74.8 Å². The molecule has 1 aliphatic rings. The zero-order chi connectivity index (χ0) is 20.4. The van der Waals surface area contributed by atoms with E-state index in [4.69, 9.17) is 0 Å². The molecule has 0 aliphatic carbocycles. The van der Waals surface area contributed by atoms with E-state index in [1.54, 1.807) is 0 Å². The first-order valence-electron chi connectivity index (χ1n) is 8.84. The first-order valence-corrected chi connectivity index (χ1v) is 8.84. The van der Waals surface area contributed by atoms with Crippen LogP contribution in [0.15, 0.2) is 42.5 Å². The molecule has 0 saturated carbocycles. The Morgan fingerprint density at radius 3 is 2.36 bits per heavy atom. The van der Waals surface area contributed by atoms with E-state index in [9.17, 15) is 24.5 Å². The maximum Gasteiger partial charge on any atom is 0.270 e. The normalized spacial score (nSPS) is 14.0. The van der Waals surface area contributed by atoms with Gasteiger partial charge in [0.25, 0.3) is 17.5 Å². The zero-order valence-corrected chi connectivity index (χ0v) is 15.5. The van der Waals surface area contributed by atoms with E-state index in [2.05, 4.69) is 12.2 Å². The average molecular weight is 381 g/mol. The third-order valence-corrected chi connectivity index (χ3v) is 4.73. The minimum absolute atomic E-state index is 0.0600. The summed E-state index contributed by atoms with van der Waals surface area (Å²) in [6.45, 7) is 3.42. The van der Waals surface area contributed by atoms with Gasteiger partial charge in [0.15, 0.2) is 0 Å². The highest BCUT2D eigenvalue weighted by atomic mass is 16.6. The van der Waals surface area contributed by atoms with Gasteiger partial charge < -0.3 is 5.32 Å². The molecule has 1 unspecified atom stereocenters. The minimum atomic E-state index is -0.709. The largest absolute Gasteiger partial charge is 0.348 e. The van der Waals surface area contributed by atoms with Gasteiger partial charge in [-0.15, -0.1) is 0 Å². The molecule has 3 rings (SSSR count). The van der Waals surface area contributed by atoms with Gasteiger partial charge in [-0.3, -0.25) is 29.4 Å². The van der Waals surface area contributed by atoms with E-state index in [0.717, 1.165) is 29.0 Å². The van der Waals surface area contributed by atoms with E-state index in [-0.39, 0.29) is 22.9 Å². The molecule has 0 saturated heterocycles.